The molecule has 1 rings (SSSR count). The van der Waals surface area contributed by atoms with E-state index < -0.39 is 0 Å². The fourth-order valence-corrected chi connectivity index (χ4v) is 2.50. The number of nitrogens with zero attached hydrogens (tertiary/aromatic N) is 1. The van der Waals surface area contributed by atoms with Crippen LogP contribution in [-0.2, 0) is 0 Å². The van der Waals surface area contributed by atoms with Crippen LogP contribution < -0.4 is 11.1 Å². The number of nitrogens with two attached hydrogens (primary N) is 1. The van der Waals surface area contributed by atoms with Gasteiger partial charge in [0.25, 0.3) is 0 Å². The van der Waals surface area contributed by atoms with Crippen molar-refractivity contribution in [2.45, 2.75) is 64.5 Å². The zero-order valence-corrected chi connectivity index (χ0v) is 10.4. The average molecular weight is 227 g/mol. The molecule has 1 aliphatic rings. The molecule has 1 saturated carbocycles. The van der Waals surface area contributed by atoms with Crippen molar-refractivity contribution >= 4 is 5.84 Å². The van der Waals surface area contributed by atoms with Crippen LogP contribution in [0.15, 0.2) is 5.16 Å². The molecule has 0 saturated heterocycles. The van der Waals surface area contributed by atoms with Crippen molar-refractivity contribution in [1.82, 2.24) is 5.32 Å². The van der Waals surface area contributed by atoms with Gasteiger partial charge in [-0.05, 0) is 38.0 Å². The molecule has 0 amide bonds. The number of hydrogen-bond acceptors (Lipinski definition) is 3. The minimum absolute atomic E-state index is 0.0215. The zero-order chi connectivity index (χ0) is 12.0. The number of rotatable bonds is 5. The van der Waals surface area contributed by atoms with Crippen LogP contribution in [-0.4, -0.2) is 23.1 Å². The standard InChI is InChI=1S/C12H25N3O/c1-3-9-5-7-10(8-6-9)14-11(4-2)12(13)15-16/h9-11,14,16H,3-8H2,1-2H3,(H2,13,15). The Kier molecular flexibility index (Phi) is 5.60. The lowest BCUT2D eigenvalue weighted by Gasteiger charge is -2.31. The molecule has 4 N–H and O–H groups in total. The van der Waals surface area contributed by atoms with Gasteiger partial charge >= 0.3 is 0 Å². The second-order valence-electron chi connectivity index (χ2n) is 4.78. The zero-order valence-electron chi connectivity index (χ0n) is 10.4. The van der Waals surface area contributed by atoms with Gasteiger partial charge < -0.3 is 16.3 Å². The lowest BCUT2D eigenvalue weighted by atomic mass is 9.84. The molecule has 0 aromatic carbocycles. The highest BCUT2D eigenvalue weighted by molar-refractivity contribution is 5.85. The quantitative estimate of drug-likeness (QED) is 0.291. The van der Waals surface area contributed by atoms with Crippen molar-refractivity contribution in [1.29, 1.82) is 0 Å². The number of amidine groups is 1. The Morgan fingerprint density at radius 3 is 2.44 bits per heavy atom. The van der Waals surface area contributed by atoms with Crippen molar-refractivity contribution in [2.75, 3.05) is 0 Å². The molecule has 4 nitrogen and oxygen atoms in total. The lowest BCUT2D eigenvalue weighted by Crippen LogP contribution is -2.47. The van der Waals surface area contributed by atoms with E-state index in [2.05, 4.69) is 17.4 Å². The van der Waals surface area contributed by atoms with Gasteiger partial charge in [-0.2, -0.15) is 0 Å². The van der Waals surface area contributed by atoms with Crippen LogP contribution in [0.2, 0.25) is 0 Å². The van der Waals surface area contributed by atoms with Crippen LogP contribution in [0.25, 0.3) is 0 Å². The summed E-state index contributed by atoms with van der Waals surface area (Å²) in [5.74, 6) is 1.21. The molecule has 0 aromatic heterocycles. The largest absolute Gasteiger partial charge is 0.409 e. The van der Waals surface area contributed by atoms with E-state index in [1.54, 1.807) is 0 Å². The third-order valence-corrected chi connectivity index (χ3v) is 3.74. The first kappa shape index (κ1) is 13.3. The van der Waals surface area contributed by atoms with Crippen LogP contribution in [0, 0.1) is 5.92 Å². The van der Waals surface area contributed by atoms with Crippen LogP contribution in [0.5, 0.6) is 0 Å². The summed E-state index contributed by atoms with van der Waals surface area (Å²) in [5.41, 5.74) is 5.64. The fourth-order valence-electron chi connectivity index (χ4n) is 2.50. The van der Waals surface area contributed by atoms with Crippen molar-refractivity contribution in [2.24, 2.45) is 16.8 Å². The third kappa shape index (κ3) is 3.67. The highest BCUT2D eigenvalue weighted by atomic mass is 16.4. The second kappa shape index (κ2) is 6.74. The fraction of sp³-hybridized carbons (Fsp3) is 0.917. The van der Waals surface area contributed by atoms with Crippen molar-refractivity contribution in [3.63, 3.8) is 0 Å². The van der Waals surface area contributed by atoms with E-state index in [0.717, 1.165) is 12.3 Å². The Labute approximate surface area is 98.3 Å². The Morgan fingerprint density at radius 1 is 1.38 bits per heavy atom. The van der Waals surface area contributed by atoms with Gasteiger partial charge in [-0.25, -0.2) is 0 Å². The maximum atomic E-state index is 8.67. The third-order valence-electron chi connectivity index (χ3n) is 3.74. The SMILES string of the molecule is CCC1CCC(NC(CC)C(N)=NO)CC1. The number of nitrogens with one attached hydrogen (secondary N) is 1. The van der Waals surface area contributed by atoms with Gasteiger partial charge in [0.15, 0.2) is 5.84 Å². The summed E-state index contributed by atoms with van der Waals surface area (Å²) in [6, 6.07) is 0.557. The van der Waals surface area contributed by atoms with Gasteiger partial charge in [-0.3, -0.25) is 0 Å². The van der Waals surface area contributed by atoms with E-state index in [1.807, 2.05) is 6.92 Å². The van der Waals surface area contributed by atoms with E-state index in [0.29, 0.717) is 11.9 Å². The van der Waals surface area contributed by atoms with Gasteiger partial charge in [0.2, 0.25) is 0 Å². The summed E-state index contributed by atoms with van der Waals surface area (Å²) in [6.45, 7) is 4.32. The Balaban J connectivity index is 2.37. The molecule has 1 fully saturated rings. The molecule has 4 heteroatoms. The van der Waals surface area contributed by atoms with E-state index in [9.17, 15) is 0 Å². The van der Waals surface area contributed by atoms with Crippen molar-refractivity contribution in [3.8, 4) is 0 Å². The predicted octanol–water partition coefficient (Wildman–Crippen LogP) is 2.07. The maximum Gasteiger partial charge on any atom is 0.156 e. The molecular weight excluding hydrogens is 202 g/mol. The molecule has 16 heavy (non-hydrogen) atoms. The molecule has 1 atom stereocenters. The van der Waals surface area contributed by atoms with Gasteiger partial charge in [0.1, 0.15) is 0 Å². The van der Waals surface area contributed by atoms with Crippen molar-refractivity contribution in [3.05, 3.63) is 0 Å². The first-order valence-corrected chi connectivity index (χ1v) is 6.44. The number of oxime groups is 1. The lowest BCUT2D eigenvalue weighted by molar-refractivity contribution is 0.274. The minimum atomic E-state index is 0.0215. The van der Waals surface area contributed by atoms with E-state index in [-0.39, 0.29) is 6.04 Å². The highest BCUT2D eigenvalue weighted by Gasteiger charge is 2.23. The van der Waals surface area contributed by atoms with Crippen LogP contribution in [0.4, 0.5) is 0 Å². The smallest absolute Gasteiger partial charge is 0.156 e. The highest BCUT2D eigenvalue weighted by Crippen LogP contribution is 2.26. The van der Waals surface area contributed by atoms with E-state index >= 15 is 0 Å². The molecule has 0 spiro atoms. The molecule has 1 unspecified atom stereocenters. The molecule has 0 bridgehead atoms. The second-order valence-corrected chi connectivity index (χ2v) is 4.78. The first-order valence-electron chi connectivity index (χ1n) is 6.44. The van der Waals surface area contributed by atoms with Gasteiger partial charge in [0.05, 0.1) is 6.04 Å². The average Bonchev–Trinajstić information content (AvgIpc) is 2.35. The van der Waals surface area contributed by atoms with Crippen molar-refractivity contribution < 1.29 is 5.21 Å². The summed E-state index contributed by atoms with van der Waals surface area (Å²) in [4.78, 5) is 0. The van der Waals surface area contributed by atoms with Gasteiger partial charge in [-0.1, -0.05) is 25.4 Å². The Bertz CT molecular complexity index is 222. The Morgan fingerprint density at radius 2 is 2.00 bits per heavy atom. The van der Waals surface area contributed by atoms with Crippen LogP contribution in [0.3, 0.4) is 0 Å². The normalized spacial score (nSPS) is 29.0. The van der Waals surface area contributed by atoms with Gasteiger partial charge in [0, 0.05) is 6.04 Å². The first-order chi connectivity index (χ1) is 7.71. The van der Waals surface area contributed by atoms with Gasteiger partial charge in [-0.15, -0.1) is 0 Å². The Hall–Kier alpha value is -0.770. The molecule has 0 heterocycles. The molecule has 1 aliphatic carbocycles. The summed E-state index contributed by atoms with van der Waals surface area (Å²) >= 11 is 0. The summed E-state index contributed by atoms with van der Waals surface area (Å²) < 4.78 is 0. The monoisotopic (exact) mass is 227 g/mol. The molecule has 0 radical (unpaired) electrons. The maximum absolute atomic E-state index is 8.67. The summed E-state index contributed by atoms with van der Waals surface area (Å²) in [7, 11) is 0. The molecular formula is C12H25N3O. The minimum Gasteiger partial charge on any atom is -0.409 e. The molecule has 94 valence electrons. The molecule has 0 aromatic rings. The topological polar surface area (TPSA) is 70.6 Å². The van der Waals surface area contributed by atoms with Crippen LogP contribution in [0.1, 0.15) is 52.4 Å². The predicted molar refractivity (Wildman–Crippen MR) is 66.7 cm³/mol. The van der Waals surface area contributed by atoms with E-state index in [4.69, 9.17) is 10.9 Å². The van der Waals surface area contributed by atoms with E-state index in [1.165, 1.54) is 32.1 Å². The van der Waals surface area contributed by atoms with Crippen LogP contribution >= 0.6 is 0 Å². The molecule has 0 aliphatic heterocycles. The number of hydrogen-bond donors (Lipinski definition) is 3. The summed E-state index contributed by atoms with van der Waals surface area (Å²) in [5, 5.41) is 15.2. The summed E-state index contributed by atoms with van der Waals surface area (Å²) in [6.07, 6.45) is 7.21.